The lowest BCUT2D eigenvalue weighted by atomic mass is 9.84. The number of aryl methyl sites for hydroxylation is 2. The van der Waals surface area contributed by atoms with Crippen molar-refractivity contribution in [3.63, 3.8) is 0 Å². The molecule has 1 aromatic heterocycles. The summed E-state index contributed by atoms with van der Waals surface area (Å²) in [6, 6.07) is 4.10. The van der Waals surface area contributed by atoms with Crippen molar-refractivity contribution in [3.05, 3.63) is 29.0 Å². The highest BCUT2D eigenvalue weighted by Gasteiger charge is 2.22. The molecule has 1 atom stereocenters. The van der Waals surface area contributed by atoms with Gasteiger partial charge in [-0.25, -0.2) is 0 Å². The largest absolute Gasteiger partial charge is 0.454 e. The highest BCUT2D eigenvalue weighted by atomic mass is 16.7. The quantitative estimate of drug-likeness (QED) is 0.723. The summed E-state index contributed by atoms with van der Waals surface area (Å²) in [5.74, 6) is 2.43. The first-order valence-corrected chi connectivity index (χ1v) is 6.94. The van der Waals surface area contributed by atoms with Crippen molar-refractivity contribution >= 4 is 10.9 Å². The van der Waals surface area contributed by atoms with Gasteiger partial charge >= 0.3 is 0 Å². The molecule has 0 fully saturated rings. The van der Waals surface area contributed by atoms with Crippen molar-refractivity contribution in [2.75, 3.05) is 6.79 Å². The zero-order chi connectivity index (χ0) is 13.0. The third kappa shape index (κ3) is 1.61. The molecular weight excluding hydrogens is 238 g/mol. The number of pyridine rings is 1. The van der Waals surface area contributed by atoms with Gasteiger partial charge in [0.2, 0.25) is 6.79 Å². The molecule has 1 aliphatic heterocycles. The van der Waals surface area contributed by atoms with Crippen LogP contribution < -0.4 is 9.47 Å². The van der Waals surface area contributed by atoms with E-state index in [0.717, 1.165) is 35.8 Å². The Morgan fingerprint density at radius 1 is 1.21 bits per heavy atom. The van der Waals surface area contributed by atoms with Gasteiger partial charge in [-0.3, -0.25) is 4.98 Å². The van der Waals surface area contributed by atoms with E-state index in [0.29, 0.717) is 6.79 Å². The fraction of sp³-hybridized carbons (Fsp3) is 0.438. The zero-order valence-corrected chi connectivity index (χ0v) is 11.3. The van der Waals surface area contributed by atoms with Crippen LogP contribution in [0.2, 0.25) is 0 Å². The van der Waals surface area contributed by atoms with Gasteiger partial charge in [0.25, 0.3) is 0 Å². The van der Waals surface area contributed by atoms with Crippen LogP contribution in [0.1, 0.15) is 30.2 Å². The minimum absolute atomic E-state index is 0.321. The van der Waals surface area contributed by atoms with Gasteiger partial charge in [0.1, 0.15) is 0 Å². The first kappa shape index (κ1) is 11.1. The van der Waals surface area contributed by atoms with E-state index in [1.807, 2.05) is 6.07 Å². The van der Waals surface area contributed by atoms with Crippen LogP contribution in [0.3, 0.4) is 0 Å². The summed E-state index contributed by atoms with van der Waals surface area (Å²) < 4.78 is 10.9. The molecule has 0 N–H and O–H groups in total. The summed E-state index contributed by atoms with van der Waals surface area (Å²) in [5.41, 5.74) is 5.13. The van der Waals surface area contributed by atoms with Crippen molar-refractivity contribution in [3.8, 4) is 11.5 Å². The first-order chi connectivity index (χ1) is 9.22. The predicted molar refractivity (Wildman–Crippen MR) is 73.8 cm³/mol. The lowest BCUT2D eigenvalue weighted by Gasteiger charge is -2.23. The lowest BCUT2D eigenvalue weighted by Crippen LogP contribution is -2.14. The molecule has 0 radical (unpaired) electrons. The molecule has 2 heterocycles. The second-order valence-corrected chi connectivity index (χ2v) is 5.73. The average Bonchev–Trinajstić information content (AvgIpc) is 2.85. The van der Waals surface area contributed by atoms with E-state index in [4.69, 9.17) is 14.5 Å². The van der Waals surface area contributed by atoms with E-state index in [1.165, 1.54) is 28.6 Å². The maximum atomic E-state index is 5.48. The van der Waals surface area contributed by atoms with Crippen molar-refractivity contribution < 1.29 is 9.47 Å². The van der Waals surface area contributed by atoms with Crippen LogP contribution in [0.5, 0.6) is 11.5 Å². The Bertz CT molecular complexity index is 678. The van der Waals surface area contributed by atoms with E-state index in [1.54, 1.807) is 0 Å². The van der Waals surface area contributed by atoms with E-state index < -0.39 is 0 Å². The number of hydrogen-bond acceptors (Lipinski definition) is 3. The minimum atomic E-state index is 0.321. The predicted octanol–water partition coefficient (Wildman–Crippen LogP) is 3.40. The summed E-state index contributed by atoms with van der Waals surface area (Å²) in [6.07, 6.45) is 3.50. The molecule has 3 nitrogen and oxygen atoms in total. The van der Waals surface area contributed by atoms with Crippen LogP contribution in [0.25, 0.3) is 10.9 Å². The normalized spacial score (nSPS) is 20.6. The third-order valence-electron chi connectivity index (χ3n) is 4.38. The number of ether oxygens (including phenoxy) is 2. The van der Waals surface area contributed by atoms with Gasteiger partial charge in [-0.15, -0.1) is 0 Å². The molecule has 0 saturated heterocycles. The number of rotatable bonds is 0. The molecule has 1 aromatic carbocycles. The molecule has 2 aliphatic rings. The Morgan fingerprint density at radius 2 is 2.00 bits per heavy atom. The number of benzene rings is 1. The molecule has 1 unspecified atom stereocenters. The Kier molecular flexibility index (Phi) is 2.25. The average molecular weight is 255 g/mol. The topological polar surface area (TPSA) is 31.4 Å². The van der Waals surface area contributed by atoms with Crippen LogP contribution >= 0.6 is 0 Å². The van der Waals surface area contributed by atoms with Gasteiger partial charge < -0.3 is 9.47 Å². The smallest absolute Gasteiger partial charge is 0.231 e. The Hall–Kier alpha value is -1.77. The number of fused-ring (bicyclic) bond motifs is 3. The summed E-state index contributed by atoms with van der Waals surface area (Å²) >= 11 is 0. The van der Waals surface area contributed by atoms with Crippen LogP contribution in [-0.4, -0.2) is 11.8 Å². The molecular formula is C16H17NO2. The summed E-state index contributed by atoms with van der Waals surface area (Å²) in [6.45, 7) is 4.86. The van der Waals surface area contributed by atoms with Crippen molar-refractivity contribution in [1.82, 2.24) is 4.98 Å². The van der Waals surface area contributed by atoms with Gasteiger partial charge in [0.05, 0.1) is 5.52 Å². The van der Waals surface area contributed by atoms with Gasteiger partial charge in [-0.05, 0) is 49.3 Å². The zero-order valence-electron chi connectivity index (χ0n) is 11.3. The van der Waals surface area contributed by atoms with Crippen LogP contribution in [0.4, 0.5) is 0 Å². The molecule has 2 aromatic rings. The van der Waals surface area contributed by atoms with E-state index in [-0.39, 0.29) is 0 Å². The molecule has 0 saturated carbocycles. The molecule has 3 heteroatoms. The van der Waals surface area contributed by atoms with E-state index >= 15 is 0 Å². The Balaban J connectivity index is 1.99. The highest BCUT2D eigenvalue weighted by molar-refractivity contribution is 5.87. The fourth-order valence-corrected chi connectivity index (χ4v) is 3.23. The standard InChI is InChI=1S/C16H17NO2/c1-9-3-4-13-11(5-9)10(2)12-6-15-16(19-8-18-15)7-14(12)17-13/h6-7,9H,3-5,8H2,1-2H3. The summed E-state index contributed by atoms with van der Waals surface area (Å²) in [7, 11) is 0. The summed E-state index contributed by atoms with van der Waals surface area (Å²) in [5, 5.41) is 1.21. The molecule has 0 spiro atoms. The highest BCUT2D eigenvalue weighted by Crippen LogP contribution is 2.39. The number of hydrogen-bond donors (Lipinski definition) is 0. The molecule has 0 bridgehead atoms. The molecule has 19 heavy (non-hydrogen) atoms. The van der Waals surface area contributed by atoms with E-state index in [9.17, 15) is 0 Å². The van der Waals surface area contributed by atoms with Gasteiger partial charge in [0.15, 0.2) is 11.5 Å². The lowest BCUT2D eigenvalue weighted by molar-refractivity contribution is 0.174. The van der Waals surface area contributed by atoms with Crippen molar-refractivity contribution in [2.45, 2.75) is 33.1 Å². The summed E-state index contributed by atoms with van der Waals surface area (Å²) in [4.78, 5) is 4.85. The van der Waals surface area contributed by atoms with E-state index in [2.05, 4.69) is 19.9 Å². The molecule has 4 rings (SSSR count). The third-order valence-corrected chi connectivity index (χ3v) is 4.38. The number of aromatic nitrogens is 1. The van der Waals surface area contributed by atoms with Gasteiger partial charge in [-0.2, -0.15) is 0 Å². The van der Waals surface area contributed by atoms with Gasteiger partial charge in [0, 0.05) is 17.1 Å². The van der Waals surface area contributed by atoms with Crippen molar-refractivity contribution in [1.29, 1.82) is 0 Å². The Labute approximate surface area is 112 Å². The van der Waals surface area contributed by atoms with Gasteiger partial charge in [-0.1, -0.05) is 6.92 Å². The molecule has 0 amide bonds. The fourth-order valence-electron chi connectivity index (χ4n) is 3.23. The molecule has 98 valence electrons. The number of nitrogens with zero attached hydrogens (tertiary/aromatic N) is 1. The first-order valence-electron chi connectivity index (χ1n) is 6.94. The SMILES string of the molecule is Cc1c2c(nc3cc4c(cc13)OCO4)CCC(C)C2. The second kappa shape index (κ2) is 3.86. The van der Waals surface area contributed by atoms with Crippen molar-refractivity contribution in [2.24, 2.45) is 5.92 Å². The maximum absolute atomic E-state index is 5.48. The second-order valence-electron chi connectivity index (χ2n) is 5.73. The molecule has 1 aliphatic carbocycles. The Morgan fingerprint density at radius 3 is 2.84 bits per heavy atom. The van der Waals surface area contributed by atoms with Crippen LogP contribution in [-0.2, 0) is 12.8 Å². The monoisotopic (exact) mass is 255 g/mol. The van der Waals surface area contributed by atoms with Crippen LogP contribution in [0.15, 0.2) is 12.1 Å². The minimum Gasteiger partial charge on any atom is -0.454 e. The van der Waals surface area contributed by atoms with Crippen LogP contribution in [0, 0.1) is 12.8 Å². The maximum Gasteiger partial charge on any atom is 0.231 e.